The van der Waals surface area contributed by atoms with Crippen LogP contribution in [0.15, 0.2) is 60.9 Å². The third kappa shape index (κ3) is 4.85. The van der Waals surface area contributed by atoms with E-state index in [0.29, 0.717) is 24.7 Å². The number of hydrogen-bond acceptors (Lipinski definition) is 8. The van der Waals surface area contributed by atoms with Crippen LogP contribution < -0.4 is 10.1 Å². The second-order valence-electron chi connectivity index (χ2n) is 8.26. The minimum Gasteiger partial charge on any atom is -0.437 e. The van der Waals surface area contributed by atoms with Crippen molar-refractivity contribution in [1.29, 1.82) is 0 Å². The number of carbonyl (C=O) groups is 1. The number of thiazole rings is 1. The van der Waals surface area contributed by atoms with Crippen LogP contribution in [0.5, 0.6) is 11.6 Å². The van der Waals surface area contributed by atoms with Crippen molar-refractivity contribution >= 4 is 38.3 Å². The third-order valence-electron chi connectivity index (χ3n) is 5.86. The lowest BCUT2D eigenvalue weighted by atomic mass is 9.93. The van der Waals surface area contributed by atoms with Crippen molar-refractivity contribution < 1.29 is 14.6 Å². The Labute approximate surface area is 201 Å². The van der Waals surface area contributed by atoms with E-state index in [0.717, 1.165) is 39.6 Å². The van der Waals surface area contributed by atoms with Crippen LogP contribution in [0.2, 0.25) is 0 Å². The lowest BCUT2D eigenvalue weighted by Gasteiger charge is -2.32. The molecule has 1 atom stereocenters. The number of hydrogen-bond donors (Lipinski definition) is 2. The minimum absolute atomic E-state index is 0.140. The second kappa shape index (κ2) is 9.74. The molecule has 9 heteroatoms. The first-order valence-electron chi connectivity index (χ1n) is 11.2. The molecular formula is C25H25N5O3S. The van der Waals surface area contributed by atoms with Gasteiger partial charge in [-0.1, -0.05) is 23.5 Å². The van der Waals surface area contributed by atoms with Crippen LogP contribution in [0.25, 0.3) is 10.2 Å². The molecule has 34 heavy (non-hydrogen) atoms. The van der Waals surface area contributed by atoms with Gasteiger partial charge < -0.3 is 20.1 Å². The summed E-state index contributed by atoms with van der Waals surface area (Å²) in [4.78, 5) is 27.3. The van der Waals surface area contributed by atoms with Crippen molar-refractivity contribution in [2.45, 2.75) is 31.8 Å². The van der Waals surface area contributed by atoms with E-state index in [1.165, 1.54) is 6.92 Å². The lowest BCUT2D eigenvalue weighted by molar-refractivity contribution is -0.140. The Bertz CT molecular complexity index is 1250. The predicted molar refractivity (Wildman–Crippen MR) is 132 cm³/mol. The SMILES string of the molecule is C[C@@H](O)C(=O)N1CCC(c2nccnc2Oc2ccc(Nc3nc4ccccc4s3)cc2)CC1. The van der Waals surface area contributed by atoms with Gasteiger partial charge in [-0.15, -0.1) is 0 Å². The van der Waals surface area contributed by atoms with Gasteiger partial charge in [0, 0.05) is 37.1 Å². The Hall–Kier alpha value is -3.56. The van der Waals surface area contributed by atoms with Gasteiger partial charge >= 0.3 is 0 Å². The fourth-order valence-corrected chi connectivity index (χ4v) is 4.99. The molecule has 2 aromatic heterocycles. The zero-order valence-electron chi connectivity index (χ0n) is 18.7. The van der Waals surface area contributed by atoms with Crippen LogP contribution in [-0.2, 0) is 4.79 Å². The van der Waals surface area contributed by atoms with Gasteiger partial charge in [0.2, 0.25) is 5.88 Å². The summed E-state index contributed by atoms with van der Waals surface area (Å²) in [7, 11) is 0. The van der Waals surface area contributed by atoms with Crippen molar-refractivity contribution in [3.05, 3.63) is 66.6 Å². The zero-order valence-corrected chi connectivity index (χ0v) is 19.5. The van der Waals surface area contributed by atoms with Crippen LogP contribution in [0, 0.1) is 0 Å². The van der Waals surface area contributed by atoms with E-state index in [9.17, 15) is 9.90 Å². The van der Waals surface area contributed by atoms with Crippen molar-refractivity contribution in [2.75, 3.05) is 18.4 Å². The molecule has 0 bridgehead atoms. The highest BCUT2D eigenvalue weighted by atomic mass is 32.1. The monoisotopic (exact) mass is 475 g/mol. The third-order valence-corrected chi connectivity index (χ3v) is 6.81. The average molecular weight is 476 g/mol. The molecule has 8 nitrogen and oxygen atoms in total. The number of likely N-dealkylation sites (tertiary alicyclic amines) is 1. The van der Waals surface area contributed by atoms with Gasteiger partial charge in [-0.05, 0) is 56.2 Å². The number of fused-ring (bicyclic) bond motifs is 1. The number of rotatable bonds is 6. The molecule has 0 spiro atoms. The topological polar surface area (TPSA) is 100 Å². The fraction of sp³-hybridized carbons (Fsp3) is 0.280. The van der Waals surface area contributed by atoms with E-state index >= 15 is 0 Å². The molecule has 1 fully saturated rings. The summed E-state index contributed by atoms with van der Waals surface area (Å²) < 4.78 is 7.23. The Morgan fingerprint density at radius 1 is 1.12 bits per heavy atom. The maximum absolute atomic E-state index is 12.1. The van der Waals surface area contributed by atoms with Gasteiger partial charge in [-0.2, -0.15) is 0 Å². The van der Waals surface area contributed by atoms with Crippen LogP contribution in [0.4, 0.5) is 10.8 Å². The number of aromatic nitrogens is 3. The molecule has 2 N–H and O–H groups in total. The van der Waals surface area contributed by atoms with E-state index in [1.54, 1.807) is 28.6 Å². The Morgan fingerprint density at radius 2 is 1.85 bits per heavy atom. The number of nitrogens with zero attached hydrogens (tertiary/aromatic N) is 4. The molecule has 174 valence electrons. The molecule has 1 aliphatic rings. The fourth-order valence-electron chi connectivity index (χ4n) is 4.10. The summed E-state index contributed by atoms with van der Waals surface area (Å²) >= 11 is 1.61. The van der Waals surface area contributed by atoms with Gasteiger partial charge in [0.1, 0.15) is 17.5 Å². The number of para-hydroxylation sites is 1. The Balaban J connectivity index is 1.25. The van der Waals surface area contributed by atoms with Crippen molar-refractivity contribution in [1.82, 2.24) is 19.9 Å². The molecule has 0 radical (unpaired) electrons. The standard InChI is InChI=1S/C25H25N5O3S/c1-16(31)24(32)30-14-10-17(11-15-30)22-23(27-13-12-26-22)33-19-8-6-18(7-9-19)28-25-29-20-4-2-3-5-21(20)34-25/h2-9,12-13,16-17,31H,10-11,14-15H2,1H3,(H,28,29)/t16-/m1/s1. The van der Waals surface area contributed by atoms with Gasteiger partial charge in [0.25, 0.3) is 5.91 Å². The first-order valence-corrected chi connectivity index (χ1v) is 12.1. The molecule has 4 aromatic rings. The minimum atomic E-state index is -0.973. The Morgan fingerprint density at radius 3 is 2.59 bits per heavy atom. The summed E-state index contributed by atoms with van der Waals surface area (Å²) in [5.74, 6) is 1.06. The first kappa shape index (κ1) is 22.2. The molecule has 1 amide bonds. The summed E-state index contributed by atoms with van der Waals surface area (Å²) in [5, 5.41) is 13.7. The Kier molecular flexibility index (Phi) is 6.37. The lowest BCUT2D eigenvalue weighted by Crippen LogP contribution is -2.42. The van der Waals surface area contributed by atoms with Crippen LogP contribution >= 0.6 is 11.3 Å². The molecule has 1 aliphatic heterocycles. The molecule has 5 rings (SSSR count). The van der Waals surface area contributed by atoms with Crippen LogP contribution in [0.1, 0.15) is 31.4 Å². The highest BCUT2D eigenvalue weighted by Crippen LogP contribution is 2.34. The molecule has 0 saturated carbocycles. The van der Waals surface area contributed by atoms with Crippen molar-refractivity contribution in [3.8, 4) is 11.6 Å². The molecular weight excluding hydrogens is 450 g/mol. The van der Waals surface area contributed by atoms with Crippen molar-refractivity contribution in [2.24, 2.45) is 0 Å². The molecule has 2 aromatic carbocycles. The summed E-state index contributed by atoms with van der Waals surface area (Å²) in [6, 6.07) is 15.7. The number of carbonyl (C=O) groups excluding carboxylic acids is 1. The molecule has 0 aliphatic carbocycles. The number of anilines is 2. The normalized spacial score (nSPS) is 15.3. The quantitative estimate of drug-likeness (QED) is 0.417. The van der Waals surface area contributed by atoms with Gasteiger partial charge in [-0.3, -0.25) is 9.78 Å². The van der Waals surface area contributed by atoms with Crippen LogP contribution in [0.3, 0.4) is 0 Å². The number of amides is 1. The summed E-state index contributed by atoms with van der Waals surface area (Å²) in [6.45, 7) is 2.66. The number of piperidine rings is 1. The highest BCUT2D eigenvalue weighted by Gasteiger charge is 2.28. The van der Waals surface area contributed by atoms with Crippen molar-refractivity contribution in [3.63, 3.8) is 0 Å². The maximum Gasteiger partial charge on any atom is 0.251 e. The number of nitrogens with one attached hydrogen (secondary N) is 1. The van der Waals surface area contributed by atoms with Gasteiger partial charge in [-0.25, -0.2) is 9.97 Å². The van der Waals surface area contributed by atoms with Gasteiger partial charge in [0.15, 0.2) is 5.13 Å². The maximum atomic E-state index is 12.1. The number of benzene rings is 2. The molecule has 1 saturated heterocycles. The highest BCUT2D eigenvalue weighted by molar-refractivity contribution is 7.22. The summed E-state index contributed by atoms with van der Waals surface area (Å²) in [5.41, 5.74) is 2.69. The molecule has 0 unspecified atom stereocenters. The second-order valence-corrected chi connectivity index (χ2v) is 9.29. The predicted octanol–water partition coefficient (Wildman–Crippen LogP) is 4.71. The number of aliphatic hydroxyl groups is 1. The molecule has 3 heterocycles. The first-order chi connectivity index (χ1) is 16.6. The number of ether oxygens (including phenoxy) is 1. The summed E-state index contributed by atoms with van der Waals surface area (Å²) in [6.07, 6.45) is 3.81. The largest absolute Gasteiger partial charge is 0.437 e. The zero-order chi connectivity index (χ0) is 23.5. The number of aliphatic hydroxyl groups excluding tert-OH is 1. The van der Waals surface area contributed by atoms with E-state index in [1.807, 2.05) is 42.5 Å². The van der Waals surface area contributed by atoms with E-state index in [-0.39, 0.29) is 11.8 Å². The smallest absolute Gasteiger partial charge is 0.251 e. The van der Waals surface area contributed by atoms with E-state index < -0.39 is 6.10 Å². The van der Waals surface area contributed by atoms with Gasteiger partial charge in [0.05, 0.1) is 10.2 Å². The van der Waals surface area contributed by atoms with E-state index in [4.69, 9.17) is 4.74 Å². The van der Waals surface area contributed by atoms with Crippen LogP contribution in [-0.4, -0.2) is 50.1 Å². The van der Waals surface area contributed by atoms with E-state index in [2.05, 4.69) is 26.3 Å². The average Bonchev–Trinajstić information content (AvgIpc) is 3.27.